The molecule has 1 saturated carbocycles. The van der Waals surface area contributed by atoms with Gasteiger partial charge in [0.15, 0.2) is 0 Å². The molecule has 1 aromatic heterocycles. The molecule has 0 bridgehead atoms. The predicted octanol–water partition coefficient (Wildman–Crippen LogP) is 2.64. The van der Waals surface area contributed by atoms with E-state index in [0.29, 0.717) is 18.6 Å². The number of nitrogens with one attached hydrogen (secondary N) is 1. The molecule has 1 unspecified atom stereocenters. The molecule has 0 radical (unpaired) electrons. The molecule has 2 amide bonds. The molecule has 1 atom stereocenters. The van der Waals surface area contributed by atoms with Crippen molar-refractivity contribution in [3.8, 4) is 0 Å². The smallest absolute Gasteiger partial charge is 0.329 e. The van der Waals surface area contributed by atoms with Crippen LogP contribution in [0.5, 0.6) is 0 Å². The van der Waals surface area contributed by atoms with Gasteiger partial charge in [-0.25, -0.2) is 4.79 Å². The van der Waals surface area contributed by atoms with Crippen LogP contribution in [-0.4, -0.2) is 46.2 Å². The summed E-state index contributed by atoms with van der Waals surface area (Å²) in [6.07, 6.45) is 9.75. The molecule has 3 heterocycles. The average Bonchev–Trinajstić information content (AvgIpc) is 3.05. The number of anilines is 1. The lowest BCUT2D eigenvalue weighted by atomic mass is 9.97. The zero-order chi connectivity index (χ0) is 22.2. The van der Waals surface area contributed by atoms with Gasteiger partial charge in [0, 0.05) is 32.2 Å². The molecule has 3 aliphatic rings. The lowest BCUT2D eigenvalue weighted by Gasteiger charge is -2.36. The molecule has 2 aromatic rings. The number of carbonyl (C=O) groups excluding carboxylic acids is 2. The van der Waals surface area contributed by atoms with E-state index in [4.69, 9.17) is 4.74 Å². The number of carbonyl (C=O) groups is 2. The van der Waals surface area contributed by atoms with E-state index < -0.39 is 11.9 Å². The molecule has 8 heteroatoms. The van der Waals surface area contributed by atoms with E-state index in [2.05, 4.69) is 10.2 Å². The molecule has 1 N–H and O–H groups in total. The maximum Gasteiger partial charge on any atom is 0.329 e. The number of benzene rings is 1. The van der Waals surface area contributed by atoms with Gasteiger partial charge < -0.3 is 9.64 Å². The maximum absolute atomic E-state index is 13.0. The van der Waals surface area contributed by atoms with E-state index in [-0.39, 0.29) is 18.0 Å². The second-order valence-corrected chi connectivity index (χ2v) is 9.43. The highest BCUT2D eigenvalue weighted by atomic mass is 16.5. The van der Waals surface area contributed by atoms with Crippen LogP contribution in [0.1, 0.15) is 63.8 Å². The number of imide groups is 1. The zero-order valence-electron chi connectivity index (χ0n) is 18.7. The quantitative estimate of drug-likeness (QED) is 0.739. The fraction of sp³-hybridized carbons (Fsp3) is 0.625. The second kappa shape index (κ2) is 8.73. The topological polar surface area (TPSA) is 85.6 Å². The molecule has 32 heavy (non-hydrogen) atoms. The molecule has 5 rings (SSSR count). The van der Waals surface area contributed by atoms with E-state index in [0.717, 1.165) is 42.7 Å². The Bertz CT molecular complexity index is 1070. The fourth-order valence-corrected chi connectivity index (χ4v) is 5.50. The van der Waals surface area contributed by atoms with Crippen LogP contribution in [0.4, 0.5) is 5.69 Å². The predicted molar refractivity (Wildman–Crippen MR) is 122 cm³/mol. The largest absolute Gasteiger partial charge is 0.375 e. The van der Waals surface area contributed by atoms with Gasteiger partial charge in [-0.2, -0.15) is 0 Å². The number of aromatic nitrogens is 2. The number of hydrogen-bond acceptors (Lipinski definition) is 5. The van der Waals surface area contributed by atoms with Gasteiger partial charge in [-0.3, -0.25) is 24.0 Å². The zero-order valence-corrected chi connectivity index (χ0v) is 18.7. The minimum Gasteiger partial charge on any atom is -0.375 e. The average molecular weight is 441 g/mol. The van der Waals surface area contributed by atoms with Crippen LogP contribution in [0, 0.1) is 0 Å². The van der Waals surface area contributed by atoms with Crippen LogP contribution in [0.2, 0.25) is 0 Å². The highest BCUT2D eigenvalue weighted by molar-refractivity contribution is 6.00. The summed E-state index contributed by atoms with van der Waals surface area (Å²) in [4.78, 5) is 39.2. The Hall–Kier alpha value is -2.61. The first-order valence-corrected chi connectivity index (χ1v) is 12.0. The number of amides is 2. The normalized spacial score (nSPS) is 23.7. The summed E-state index contributed by atoms with van der Waals surface area (Å²) >= 11 is 0. The molecule has 8 nitrogen and oxygen atoms in total. The van der Waals surface area contributed by atoms with Crippen molar-refractivity contribution in [2.24, 2.45) is 7.05 Å². The highest BCUT2D eigenvalue weighted by Gasteiger charge is 2.31. The van der Waals surface area contributed by atoms with Crippen molar-refractivity contribution in [2.75, 3.05) is 18.0 Å². The third-order valence-corrected chi connectivity index (χ3v) is 7.34. The van der Waals surface area contributed by atoms with E-state index in [1.54, 1.807) is 11.6 Å². The Kier molecular flexibility index (Phi) is 5.80. The monoisotopic (exact) mass is 440 g/mol. The number of aryl methyl sites for hydroxylation is 1. The third kappa shape index (κ3) is 3.96. The van der Waals surface area contributed by atoms with Crippen LogP contribution in [0.3, 0.4) is 0 Å². The second-order valence-electron chi connectivity index (χ2n) is 9.43. The highest BCUT2D eigenvalue weighted by Crippen LogP contribution is 2.29. The first kappa shape index (κ1) is 21.2. The van der Waals surface area contributed by atoms with E-state index in [9.17, 15) is 14.4 Å². The third-order valence-electron chi connectivity index (χ3n) is 7.34. The molecule has 172 valence electrons. The number of ether oxygens (including phenoxy) is 1. The van der Waals surface area contributed by atoms with Crippen molar-refractivity contribution in [2.45, 2.75) is 76.0 Å². The Morgan fingerprint density at radius 1 is 0.906 bits per heavy atom. The van der Waals surface area contributed by atoms with E-state index >= 15 is 0 Å². The number of hydrogen-bond donors (Lipinski definition) is 1. The minimum atomic E-state index is -0.651. The lowest BCUT2D eigenvalue weighted by Crippen LogP contribution is -2.44. The van der Waals surface area contributed by atoms with Crippen LogP contribution >= 0.6 is 0 Å². The van der Waals surface area contributed by atoms with Gasteiger partial charge in [-0.05, 0) is 50.3 Å². The van der Waals surface area contributed by atoms with Crippen LogP contribution < -0.4 is 15.9 Å². The molecule has 3 fully saturated rings. The minimum absolute atomic E-state index is 0.230. The summed E-state index contributed by atoms with van der Waals surface area (Å²) in [5.74, 6) is -0.683. The Labute approximate surface area is 187 Å². The first-order chi connectivity index (χ1) is 15.5. The summed E-state index contributed by atoms with van der Waals surface area (Å²) in [5, 5.41) is 2.36. The molecular formula is C24H32N4O4. The van der Waals surface area contributed by atoms with E-state index in [1.807, 2.05) is 18.2 Å². The Balaban J connectivity index is 1.32. The SMILES string of the molecule is Cn1c(=O)n(C2CCC(=O)NC2=O)c2ccc(N3CCC(OC4CCCCC4)CC3)cc21. The van der Waals surface area contributed by atoms with Crippen molar-refractivity contribution in [1.29, 1.82) is 0 Å². The Morgan fingerprint density at radius 3 is 2.34 bits per heavy atom. The van der Waals surface area contributed by atoms with Crippen LogP contribution in [-0.2, 0) is 21.4 Å². The first-order valence-electron chi connectivity index (χ1n) is 12.0. The van der Waals surface area contributed by atoms with Gasteiger partial charge in [-0.1, -0.05) is 19.3 Å². The Morgan fingerprint density at radius 2 is 1.62 bits per heavy atom. The standard InChI is InChI=1S/C24H32N4O4/c1-26-21-15-16(27-13-11-18(12-14-27)32-17-5-3-2-4-6-17)7-8-19(21)28(24(26)31)20-9-10-22(29)25-23(20)30/h7-8,15,17-18,20H,2-6,9-14H2,1H3,(H,25,29,30). The summed E-state index contributed by atoms with van der Waals surface area (Å²) in [5.41, 5.74) is 2.39. The van der Waals surface area contributed by atoms with Gasteiger partial charge in [0.1, 0.15) is 6.04 Å². The summed E-state index contributed by atoms with van der Waals surface area (Å²) in [7, 11) is 1.74. The fourth-order valence-electron chi connectivity index (χ4n) is 5.50. The van der Waals surface area contributed by atoms with Gasteiger partial charge in [0.05, 0.1) is 23.2 Å². The molecule has 2 aliphatic heterocycles. The van der Waals surface area contributed by atoms with Crippen LogP contribution in [0.15, 0.2) is 23.0 Å². The van der Waals surface area contributed by atoms with Crippen molar-refractivity contribution in [3.63, 3.8) is 0 Å². The van der Waals surface area contributed by atoms with Gasteiger partial charge in [0.25, 0.3) is 0 Å². The number of imidazole rings is 1. The summed E-state index contributed by atoms with van der Waals surface area (Å²) < 4.78 is 9.50. The molecular weight excluding hydrogens is 408 g/mol. The van der Waals surface area contributed by atoms with Crippen molar-refractivity contribution in [1.82, 2.24) is 14.5 Å². The van der Waals surface area contributed by atoms with Crippen LogP contribution in [0.25, 0.3) is 11.0 Å². The van der Waals surface area contributed by atoms with Crippen molar-refractivity contribution < 1.29 is 14.3 Å². The van der Waals surface area contributed by atoms with Gasteiger partial charge in [0.2, 0.25) is 11.8 Å². The molecule has 1 aliphatic carbocycles. The summed E-state index contributed by atoms with van der Waals surface area (Å²) in [6.45, 7) is 1.87. The number of rotatable bonds is 4. The number of fused-ring (bicyclic) bond motifs is 1. The van der Waals surface area contributed by atoms with Gasteiger partial charge >= 0.3 is 5.69 Å². The maximum atomic E-state index is 13.0. The van der Waals surface area contributed by atoms with Gasteiger partial charge in [-0.15, -0.1) is 0 Å². The lowest BCUT2D eigenvalue weighted by molar-refractivity contribution is -0.135. The molecule has 1 aromatic carbocycles. The molecule has 2 saturated heterocycles. The number of piperidine rings is 2. The number of nitrogens with zero attached hydrogens (tertiary/aromatic N) is 3. The summed E-state index contributed by atoms with van der Waals surface area (Å²) in [6, 6.07) is 5.36. The van der Waals surface area contributed by atoms with Crippen molar-refractivity contribution >= 4 is 28.5 Å². The van der Waals surface area contributed by atoms with E-state index in [1.165, 1.54) is 36.7 Å². The molecule has 0 spiro atoms. The van der Waals surface area contributed by atoms with Crippen molar-refractivity contribution in [3.05, 3.63) is 28.7 Å².